The second-order valence-corrected chi connectivity index (χ2v) is 9.10. The molecule has 3 rings (SSSR count). The van der Waals surface area contributed by atoms with Gasteiger partial charge in [0.15, 0.2) is 0 Å². The Labute approximate surface area is 174 Å². The first-order valence-corrected chi connectivity index (χ1v) is 10.5. The fourth-order valence-corrected chi connectivity index (χ4v) is 4.22. The van der Waals surface area contributed by atoms with Gasteiger partial charge in [0.05, 0.1) is 18.0 Å². The molecule has 7 heteroatoms. The number of carbonyl (C=O) groups excluding carboxylic acids is 1. The third-order valence-corrected chi connectivity index (χ3v) is 5.99. The number of ether oxygens (including phenoxy) is 1. The first-order valence-electron chi connectivity index (χ1n) is 9.69. The van der Waals surface area contributed by atoms with Crippen molar-refractivity contribution >= 4 is 33.2 Å². The van der Waals surface area contributed by atoms with Gasteiger partial charge in [0, 0.05) is 5.69 Å². The molecule has 29 heavy (non-hydrogen) atoms. The highest BCUT2D eigenvalue weighted by Gasteiger charge is 2.21. The van der Waals surface area contributed by atoms with E-state index in [2.05, 4.69) is 48.2 Å². The van der Waals surface area contributed by atoms with Crippen molar-refractivity contribution in [3.05, 3.63) is 56.4 Å². The van der Waals surface area contributed by atoms with Gasteiger partial charge in [-0.1, -0.05) is 32.9 Å². The number of aromatic nitrogens is 2. The summed E-state index contributed by atoms with van der Waals surface area (Å²) in [5.74, 6) is 0.109. The van der Waals surface area contributed by atoms with E-state index in [4.69, 9.17) is 4.74 Å². The molecule has 0 saturated heterocycles. The number of thiophene rings is 1. The fourth-order valence-electron chi connectivity index (χ4n) is 3.14. The van der Waals surface area contributed by atoms with E-state index in [-0.39, 0.29) is 23.6 Å². The fraction of sp³-hybridized carbons (Fsp3) is 0.409. The zero-order chi connectivity index (χ0) is 21.3. The van der Waals surface area contributed by atoms with Crippen LogP contribution in [0.1, 0.15) is 67.3 Å². The number of nitrogens with zero attached hydrogens (tertiary/aromatic N) is 1. The molecule has 0 unspecified atom stereocenters. The van der Waals surface area contributed by atoms with Crippen LogP contribution in [0.15, 0.2) is 29.1 Å². The highest BCUT2D eigenvalue weighted by Crippen LogP contribution is 2.29. The molecule has 154 valence electrons. The van der Waals surface area contributed by atoms with Crippen molar-refractivity contribution in [2.45, 2.75) is 53.0 Å². The molecule has 3 aromatic rings. The molecule has 0 fully saturated rings. The number of carbonyl (C=O) groups is 1. The Morgan fingerprint density at radius 1 is 1.28 bits per heavy atom. The number of esters is 1. The minimum absolute atomic E-state index is 0.0929. The lowest BCUT2D eigenvalue weighted by Crippen LogP contribution is -2.17. The van der Waals surface area contributed by atoms with E-state index >= 15 is 0 Å². The molecule has 0 aliphatic carbocycles. The SMILES string of the molecule is CCOC(=O)c1sc2nc([C@@H](C)Nc3ccc(C(C)(C)C)cc3)[nH]c(=O)c2c1C. The number of hydrogen-bond acceptors (Lipinski definition) is 6. The van der Waals surface area contributed by atoms with Crippen LogP contribution in [0.25, 0.3) is 10.2 Å². The quantitative estimate of drug-likeness (QED) is 0.579. The van der Waals surface area contributed by atoms with E-state index < -0.39 is 5.97 Å². The van der Waals surface area contributed by atoms with E-state index in [0.29, 0.717) is 26.5 Å². The van der Waals surface area contributed by atoms with Gasteiger partial charge in [-0.2, -0.15) is 0 Å². The van der Waals surface area contributed by atoms with Gasteiger partial charge in [-0.3, -0.25) is 4.79 Å². The van der Waals surface area contributed by atoms with Crippen LogP contribution in [-0.4, -0.2) is 22.5 Å². The van der Waals surface area contributed by atoms with Gasteiger partial charge < -0.3 is 15.0 Å². The lowest BCUT2D eigenvalue weighted by molar-refractivity contribution is 0.0531. The second kappa shape index (κ2) is 7.99. The third-order valence-electron chi connectivity index (χ3n) is 4.82. The molecule has 1 atom stereocenters. The van der Waals surface area contributed by atoms with Gasteiger partial charge in [0.1, 0.15) is 15.5 Å². The molecule has 0 aliphatic heterocycles. The summed E-state index contributed by atoms with van der Waals surface area (Å²) in [6.07, 6.45) is 0. The molecule has 0 radical (unpaired) electrons. The van der Waals surface area contributed by atoms with E-state index in [0.717, 1.165) is 5.69 Å². The number of hydrogen-bond donors (Lipinski definition) is 2. The van der Waals surface area contributed by atoms with Gasteiger partial charge in [-0.25, -0.2) is 9.78 Å². The topological polar surface area (TPSA) is 84.1 Å². The number of aryl methyl sites for hydroxylation is 1. The predicted octanol–water partition coefficient (Wildman–Crippen LogP) is 4.94. The molecule has 6 nitrogen and oxygen atoms in total. The summed E-state index contributed by atoms with van der Waals surface area (Å²) in [6.45, 7) is 12.3. The molecule has 0 bridgehead atoms. The van der Waals surface area contributed by atoms with Gasteiger partial charge in [-0.15, -0.1) is 11.3 Å². The Kier molecular flexibility index (Phi) is 5.80. The van der Waals surface area contributed by atoms with E-state index in [9.17, 15) is 9.59 Å². The number of nitrogens with one attached hydrogen (secondary N) is 2. The van der Waals surface area contributed by atoms with Crippen molar-refractivity contribution in [1.82, 2.24) is 9.97 Å². The Morgan fingerprint density at radius 2 is 1.93 bits per heavy atom. The largest absolute Gasteiger partial charge is 0.462 e. The summed E-state index contributed by atoms with van der Waals surface area (Å²) in [5.41, 5.74) is 2.66. The van der Waals surface area contributed by atoms with Gasteiger partial charge in [-0.05, 0) is 49.4 Å². The maximum Gasteiger partial charge on any atom is 0.348 e. The summed E-state index contributed by atoms with van der Waals surface area (Å²) in [7, 11) is 0. The van der Waals surface area contributed by atoms with Crippen LogP contribution in [0, 0.1) is 6.92 Å². The molecule has 0 amide bonds. The Bertz CT molecular complexity index is 1090. The van der Waals surface area contributed by atoms with Crippen LogP contribution in [0.4, 0.5) is 5.69 Å². The smallest absolute Gasteiger partial charge is 0.348 e. The normalized spacial score (nSPS) is 12.8. The average molecular weight is 414 g/mol. The third kappa shape index (κ3) is 4.34. The van der Waals surface area contributed by atoms with Crippen LogP contribution < -0.4 is 10.9 Å². The average Bonchev–Trinajstić information content (AvgIpc) is 2.99. The van der Waals surface area contributed by atoms with Crippen molar-refractivity contribution in [3.8, 4) is 0 Å². The maximum atomic E-state index is 12.7. The molecular weight excluding hydrogens is 386 g/mol. The minimum Gasteiger partial charge on any atom is -0.462 e. The van der Waals surface area contributed by atoms with Crippen molar-refractivity contribution in [2.75, 3.05) is 11.9 Å². The monoisotopic (exact) mass is 413 g/mol. The first-order chi connectivity index (χ1) is 13.6. The Balaban J connectivity index is 1.89. The Hall–Kier alpha value is -2.67. The van der Waals surface area contributed by atoms with E-state index in [1.807, 2.05) is 19.1 Å². The standard InChI is InChI=1S/C22H27N3O3S/c1-7-28-21(27)17-12(2)16-19(26)24-18(25-20(16)29-17)13(3)23-15-10-8-14(9-11-15)22(4,5)6/h8-11,13,23H,7H2,1-6H3,(H,24,25,26)/t13-/m1/s1. The number of aromatic amines is 1. The molecule has 0 aliphatic rings. The molecule has 1 aromatic carbocycles. The number of benzene rings is 1. The lowest BCUT2D eigenvalue weighted by Gasteiger charge is -2.20. The van der Waals surface area contributed by atoms with Crippen LogP contribution in [-0.2, 0) is 10.2 Å². The molecule has 2 N–H and O–H groups in total. The summed E-state index contributed by atoms with van der Waals surface area (Å²) < 4.78 is 5.09. The van der Waals surface area contributed by atoms with Crippen molar-refractivity contribution < 1.29 is 9.53 Å². The zero-order valence-electron chi connectivity index (χ0n) is 17.7. The molecule has 0 spiro atoms. The van der Waals surface area contributed by atoms with Gasteiger partial charge in [0.2, 0.25) is 0 Å². The highest BCUT2D eigenvalue weighted by molar-refractivity contribution is 7.20. The number of rotatable bonds is 5. The Morgan fingerprint density at radius 3 is 2.52 bits per heavy atom. The van der Waals surface area contributed by atoms with Crippen molar-refractivity contribution in [2.24, 2.45) is 0 Å². The maximum absolute atomic E-state index is 12.7. The van der Waals surface area contributed by atoms with E-state index in [1.165, 1.54) is 16.9 Å². The van der Waals surface area contributed by atoms with Crippen molar-refractivity contribution in [1.29, 1.82) is 0 Å². The molecular formula is C22H27N3O3S. The molecule has 2 aromatic heterocycles. The van der Waals surface area contributed by atoms with Crippen LogP contribution in [0.5, 0.6) is 0 Å². The summed E-state index contributed by atoms with van der Waals surface area (Å²) in [4.78, 5) is 33.2. The minimum atomic E-state index is -0.418. The second-order valence-electron chi connectivity index (χ2n) is 8.10. The van der Waals surface area contributed by atoms with Gasteiger partial charge in [0.25, 0.3) is 5.56 Å². The first kappa shape index (κ1) is 21.0. The van der Waals surface area contributed by atoms with Crippen LogP contribution in [0.3, 0.4) is 0 Å². The summed E-state index contributed by atoms with van der Waals surface area (Å²) in [6, 6.07) is 8.05. The lowest BCUT2D eigenvalue weighted by atomic mass is 9.87. The highest BCUT2D eigenvalue weighted by atomic mass is 32.1. The summed E-state index contributed by atoms with van der Waals surface area (Å²) >= 11 is 1.20. The van der Waals surface area contributed by atoms with E-state index in [1.54, 1.807) is 13.8 Å². The predicted molar refractivity (Wildman–Crippen MR) is 118 cm³/mol. The van der Waals surface area contributed by atoms with Crippen LogP contribution in [0.2, 0.25) is 0 Å². The summed E-state index contributed by atoms with van der Waals surface area (Å²) in [5, 5.41) is 3.82. The zero-order valence-corrected chi connectivity index (χ0v) is 18.5. The number of anilines is 1. The molecule has 0 saturated carbocycles. The van der Waals surface area contributed by atoms with Crippen molar-refractivity contribution in [3.63, 3.8) is 0 Å². The number of fused-ring (bicyclic) bond motifs is 1. The molecule has 2 heterocycles. The van der Waals surface area contributed by atoms with Gasteiger partial charge >= 0.3 is 5.97 Å². The number of H-pyrrole nitrogens is 1. The van der Waals surface area contributed by atoms with Crippen LogP contribution >= 0.6 is 11.3 Å².